The molecule has 0 aliphatic carbocycles. The third kappa shape index (κ3) is 1.93. The summed E-state index contributed by atoms with van der Waals surface area (Å²) < 4.78 is 0. The van der Waals surface area contributed by atoms with Gasteiger partial charge in [-0.25, -0.2) is 9.79 Å². The average molecular weight is 202 g/mol. The van der Waals surface area contributed by atoms with E-state index < -0.39 is 5.97 Å². The number of carbonyl (C=O) groups is 1. The van der Waals surface area contributed by atoms with E-state index in [2.05, 4.69) is 9.98 Å². The molecule has 0 saturated carbocycles. The fourth-order valence-electron chi connectivity index (χ4n) is 1.45. The van der Waals surface area contributed by atoms with Gasteiger partial charge < -0.3 is 5.11 Å². The molecule has 0 aromatic carbocycles. The molecule has 1 N–H and O–H groups in total. The molecule has 0 saturated heterocycles. The predicted molar refractivity (Wildman–Crippen MR) is 56.6 cm³/mol. The lowest BCUT2D eigenvalue weighted by Crippen LogP contribution is -2.08. The summed E-state index contributed by atoms with van der Waals surface area (Å²) >= 11 is 0. The smallest absolute Gasteiger partial charge is 0.350 e. The zero-order valence-corrected chi connectivity index (χ0v) is 8.27. The molecule has 2 heterocycles. The predicted octanol–water partition coefficient (Wildman–Crippen LogP) is 1.66. The molecule has 4 heteroatoms. The first-order valence-electron chi connectivity index (χ1n) is 4.61. The number of carboxylic acids is 1. The van der Waals surface area contributed by atoms with Crippen molar-refractivity contribution in [1.82, 2.24) is 4.98 Å². The van der Waals surface area contributed by atoms with E-state index in [0.717, 1.165) is 17.0 Å². The Hall–Kier alpha value is -1.97. The van der Waals surface area contributed by atoms with Crippen LogP contribution in [0.15, 0.2) is 29.4 Å². The second-order valence-corrected chi connectivity index (χ2v) is 3.34. The van der Waals surface area contributed by atoms with Gasteiger partial charge in [0.15, 0.2) is 0 Å². The number of aromatic nitrogens is 1. The Bertz CT molecular complexity index is 475. The Kier molecular flexibility index (Phi) is 2.33. The number of allylic oxidation sites excluding steroid dienone is 1. The van der Waals surface area contributed by atoms with Gasteiger partial charge in [-0.1, -0.05) is 6.08 Å². The summed E-state index contributed by atoms with van der Waals surface area (Å²) in [7, 11) is 0. The number of hydrogen-bond acceptors (Lipinski definition) is 3. The molecular weight excluding hydrogens is 192 g/mol. The third-order valence-electron chi connectivity index (χ3n) is 2.18. The molecule has 4 nitrogen and oxygen atoms in total. The lowest BCUT2D eigenvalue weighted by molar-refractivity contribution is -0.129. The highest BCUT2D eigenvalue weighted by Gasteiger charge is 2.15. The monoisotopic (exact) mass is 202 g/mol. The van der Waals surface area contributed by atoms with E-state index in [9.17, 15) is 4.79 Å². The first-order valence-corrected chi connectivity index (χ1v) is 4.61. The van der Waals surface area contributed by atoms with Crippen molar-refractivity contribution in [2.75, 3.05) is 0 Å². The van der Waals surface area contributed by atoms with Crippen molar-refractivity contribution < 1.29 is 9.90 Å². The number of aliphatic imine (C=N–C) groups is 1. The van der Waals surface area contributed by atoms with E-state index in [-0.39, 0.29) is 5.71 Å². The van der Waals surface area contributed by atoms with Gasteiger partial charge in [-0.3, -0.25) is 4.98 Å². The van der Waals surface area contributed by atoms with E-state index in [4.69, 9.17) is 5.11 Å². The van der Waals surface area contributed by atoms with Crippen LogP contribution >= 0.6 is 0 Å². The Morgan fingerprint density at radius 2 is 2.33 bits per heavy atom. The van der Waals surface area contributed by atoms with Crippen LogP contribution in [0.1, 0.15) is 17.7 Å². The average Bonchev–Trinajstić information content (AvgIpc) is 2.66. The third-order valence-corrected chi connectivity index (χ3v) is 2.18. The summed E-state index contributed by atoms with van der Waals surface area (Å²) in [5.41, 5.74) is 2.73. The topological polar surface area (TPSA) is 62.5 Å². The van der Waals surface area contributed by atoms with E-state index in [0.29, 0.717) is 6.42 Å². The van der Waals surface area contributed by atoms with Gasteiger partial charge in [-0.2, -0.15) is 0 Å². The molecule has 0 radical (unpaired) electrons. The summed E-state index contributed by atoms with van der Waals surface area (Å²) in [5, 5.41) is 8.76. The van der Waals surface area contributed by atoms with Crippen molar-refractivity contribution in [3.05, 3.63) is 35.7 Å². The van der Waals surface area contributed by atoms with Crippen molar-refractivity contribution in [3.8, 4) is 0 Å². The van der Waals surface area contributed by atoms with Crippen molar-refractivity contribution in [2.45, 2.75) is 13.3 Å². The first-order chi connectivity index (χ1) is 7.16. The highest BCUT2D eigenvalue weighted by atomic mass is 16.4. The maximum atomic E-state index is 10.7. The molecule has 0 spiro atoms. The molecule has 15 heavy (non-hydrogen) atoms. The number of carboxylic acid groups (broad SMARTS) is 1. The van der Waals surface area contributed by atoms with Crippen molar-refractivity contribution in [1.29, 1.82) is 0 Å². The lowest BCUT2D eigenvalue weighted by Gasteiger charge is -1.99. The van der Waals surface area contributed by atoms with Gasteiger partial charge >= 0.3 is 5.97 Å². The fraction of sp³-hybridized carbons (Fsp3) is 0.182. The zero-order valence-electron chi connectivity index (χ0n) is 8.27. The van der Waals surface area contributed by atoms with Gasteiger partial charge in [0, 0.05) is 23.9 Å². The Morgan fingerprint density at radius 3 is 2.93 bits per heavy atom. The van der Waals surface area contributed by atoms with E-state index in [1.807, 2.05) is 25.1 Å². The molecule has 0 amide bonds. The van der Waals surface area contributed by atoms with Gasteiger partial charge in [0.25, 0.3) is 0 Å². The summed E-state index contributed by atoms with van der Waals surface area (Å²) in [6.07, 6.45) is 3.91. The molecular formula is C11H10N2O2. The van der Waals surface area contributed by atoms with Crippen LogP contribution in [0, 0.1) is 6.92 Å². The van der Waals surface area contributed by atoms with E-state index in [1.54, 1.807) is 6.20 Å². The van der Waals surface area contributed by atoms with Gasteiger partial charge in [0.1, 0.15) is 5.71 Å². The molecule has 2 rings (SSSR count). The van der Waals surface area contributed by atoms with Gasteiger partial charge in [0.05, 0.1) is 5.70 Å². The van der Waals surface area contributed by atoms with E-state index >= 15 is 0 Å². The molecule has 1 aliphatic heterocycles. The van der Waals surface area contributed by atoms with Gasteiger partial charge in [-0.05, 0) is 19.1 Å². The number of aryl methyl sites for hydroxylation is 1. The maximum absolute atomic E-state index is 10.7. The minimum atomic E-state index is -0.952. The quantitative estimate of drug-likeness (QED) is 0.793. The number of aliphatic carboxylic acids is 1. The molecule has 1 aromatic rings. The maximum Gasteiger partial charge on any atom is 0.350 e. The second-order valence-electron chi connectivity index (χ2n) is 3.34. The fourth-order valence-corrected chi connectivity index (χ4v) is 1.45. The zero-order chi connectivity index (χ0) is 10.8. The minimum Gasteiger partial charge on any atom is -0.477 e. The molecule has 76 valence electrons. The molecule has 1 aliphatic rings. The summed E-state index contributed by atoms with van der Waals surface area (Å²) in [6, 6.07) is 3.72. The van der Waals surface area contributed by atoms with Gasteiger partial charge in [-0.15, -0.1) is 0 Å². The number of hydrogen-bond donors (Lipinski definition) is 1. The van der Waals surface area contributed by atoms with Crippen LogP contribution in [0.4, 0.5) is 0 Å². The lowest BCUT2D eigenvalue weighted by atomic mass is 10.2. The normalized spacial score (nSPS) is 14.7. The second kappa shape index (κ2) is 3.65. The number of nitrogens with zero attached hydrogens (tertiary/aromatic N) is 2. The molecule has 0 atom stereocenters. The van der Waals surface area contributed by atoms with Crippen LogP contribution < -0.4 is 0 Å². The van der Waals surface area contributed by atoms with Crippen molar-refractivity contribution in [2.24, 2.45) is 4.99 Å². The highest BCUT2D eigenvalue weighted by Crippen LogP contribution is 2.22. The van der Waals surface area contributed by atoms with Crippen LogP contribution in [0.2, 0.25) is 0 Å². The van der Waals surface area contributed by atoms with Crippen molar-refractivity contribution >= 4 is 17.4 Å². The SMILES string of the molecule is Cc1cc(C2=CCC(C(=O)O)=N2)ccn1. The Balaban J connectivity index is 2.31. The van der Waals surface area contributed by atoms with Crippen molar-refractivity contribution in [3.63, 3.8) is 0 Å². The summed E-state index contributed by atoms with van der Waals surface area (Å²) in [5.74, 6) is -0.952. The summed E-state index contributed by atoms with van der Waals surface area (Å²) in [6.45, 7) is 1.89. The Morgan fingerprint density at radius 1 is 1.53 bits per heavy atom. The molecule has 0 unspecified atom stereocenters. The number of rotatable bonds is 2. The first kappa shape index (κ1) is 9.58. The molecule has 1 aromatic heterocycles. The molecule has 0 bridgehead atoms. The summed E-state index contributed by atoms with van der Waals surface area (Å²) in [4.78, 5) is 18.8. The highest BCUT2D eigenvalue weighted by molar-refractivity contribution is 6.38. The number of pyridine rings is 1. The standard InChI is InChI=1S/C11H10N2O2/c1-7-6-8(4-5-12-7)9-2-3-10(13-9)11(14)15/h2,4-6H,3H2,1H3,(H,14,15). The van der Waals surface area contributed by atoms with Crippen LogP contribution in [0.5, 0.6) is 0 Å². The van der Waals surface area contributed by atoms with Gasteiger partial charge in [0.2, 0.25) is 0 Å². The van der Waals surface area contributed by atoms with E-state index in [1.165, 1.54) is 0 Å². The molecule has 0 fully saturated rings. The van der Waals surface area contributed by atoms with Crippen LogP contribution in [0.3, 0.4) is 0 Å². The van der Waals surface area contributed by atoms with Crippen LogP contribution in [-0.2, 0) is 4.79 Å². The Labute approximate surface area is 87.0 Å². The van der Waals surface area contributed by atoms with Crippen LogP contribution in [-0.4, -0.2) is 21.8 Å². The minimum absolute atomic E-state index is 0.194. The largest absolute Gasteiger partial charge is 0.477 e. The van der Waals surface area contributed by atoms with Crippen LogP contribution in [0.25, 0.3) is 5.70 Å².